The van der Waals surface area contributed by atoms with Crippen molar-refractivity contribution in [2.24, 2.45) is 7.05 Å². The highest BCUT2D eigenvalue weighted by atomic mass is 32.3. The summed E-state index contributed by atoms with van der Waals surface area (Å²) in [7, 11) is -7.60. The molecule has 1 heterocycles. The second-order valence-electron chi connectivity index (χ2n) is 3.52. The maximum Gasteiger partial charge on any atom is 0.245 e. The van der Waals surface area contributed by atoms with Gasteiger partial charge in [0.15, 0.2) is 6.73 Å². The molecule has 0 radical (unpaired) electrons. The van der Waals surface area contributed by atoms with Crippen LogP contribution in [-0.4, -0.2) is 41.7 Å². The first-order valence-electron chi connectivity index (χ1n) is 5.24. The summed E-state index contributed by atoms with van der Waals surface area (Å²) in [5.41, 5.74) is 0. The smallest absolute Gasteiger partial charge is 0.245 e. The van der Waals surface area contributed by atoms with E-state index in [0.29, 0.717) is 19.9 Å². The van der Waals surface area contributed by atoms with Gasteiger partial charge in [-0.25, -0.2) is 26.0 Å². The molecule has 0 aliphatic rings. The van der Waals surface area contributed by atoms with Gasteiger partial charge in [0.05, 0.1) is 20.3 Å². The van der Waals surface area contributed by atoms with E-state index < -0.39 is 20.8 Å². The summed E-state index contributed by atoms with van der Waals surface area (Å²) in [6, 6.07) is 0. The van der Waals surface area contributed by atoms with Crippen LogP contribution >= 0.6 is 0 Å². The van der Waals surface area contributed by atoms with Crippen molar-refractivity contribution in [2.45, 2.75) is 6.73 Å². The number of hydrogen-bond acceptors (Lipinski definition) is 6. The molecule has 13 heteroatoms. The van der Waals surface area contributed by atoms with E-state index in [-0.39, 0.29) is 0 Å². The molecular formula is C8H15F2N3O6S2. The van der Waals surface area contributed by atoms with E-state index in [1.165, 1.54) is 0 Å². The van der Waals surface area contributed by atoms with E-state index in [2.05, 4.69) is 0 Å². The number of halogens is 2. The third-order valence-electron chi connectivity index (χ3n) is 1.67. The highest BCUT2D eigenvalue weighted by molar-refractivity contribution is 8.07. The molecule has 1 rings (SSSR count). The van der Waals surface area contributed by atoms with Crippen LogP contribution in [0.5, 0.6) is 0 Å². The summed E-state index contributed by atoms with van der Waals surface area (Å²) >= 11 is 0. The Labute approximate surface area is 121 Å². The molecule has 0 aliphatic carbocycles. The number of hydrogen-bond donors (Lipinski definition) is 0. The molecule has 0 unspecified atom stereocenters. The lowest BCUT2D eigenvalue weighted by Gasteiger charge is -2.03. The molecule has 9 nitrogen and oxygen atoms in total. The first kappa shape index (κ1) is 19.9. The van der Waals surface area contributed by atoms with E-state index in [1.807, 2.05) is 34.9 Å². The number of methoxy groups -OCH3 is 1. The van der Waals surface area contributed by atoms with E-state index in [0.717, 1.165) is 4.13 Å². The average molecular weight is 351 g/mol. The van der Waals surface area contributed by atoms with Gasteiger partial charge in [-0.05, 0) is 0 Å². The fraction of sp³-hybridized carbons (Fsp3) is 0.625. The van der Waals surface area contributed by atoms with E-state index in [9.17, 15) is 24.6 Å². The maximum absolute atomic E-state index is 11.1. The van der Waals surface area contributed by atoms with E-state index in [1.54, 1.807) is 7.11 Å². The molecule has 0 fully saturated rings. The normalized spacial score (nSPS) is 11.8. The second kappa shape index (κ2) is 8.99. The standard InChI is InChI=1S/C8H15N2O2.F2NO4S2/c1-9-3-4-10(7-9)8-12-6-5-11-2;1-8(4,5)3-9(2,6)7/h3-4,7H,5-6,8H2,1-2H3;/q+1;-1. The minimum Gasteiger partial charge on any atom is -0.382 e. The van der Waals surface area contributed by atoms with Crippen LogP contribution < -0.4 is 4.57 Å². The number of ether oxygens (including phenoxy) is 2. The highest BCUT2D eigenvalue weighted by Crippen LogP contribution is 2.11. The van der Waals surface area contributed by atoms with Crippen LogP contribution in [0.15, 0.2) is 18.7 Å². The molecular weight excluding hydrogens is 336 g/mol. The predicted molar refractivity (Wildman–Crippen MR) is 66.9 cm³/mol. The van der Waals surface area contributed by atoms with Crippen molar-refractivity contribution in [1.29, 1.82) is 0 Å². The lowest BCUT2D eigenvalue weighted by molar-refractivity contribution is -0.671. The third kappa shape index (κ3) is 13.6. The largest absolute Gasteiger partial charge is 0.382 e. The summed E-state index contributed by atoms with van der Waals surface area (Å²) in [4.78, 5) is 0. The Morgan fingerprint density at radius 3 is 2.10 bits per heavy atom. The van der Waals surface area contributed by atoms with E-state index in [4.69, 9.17) is 9.47 Å². The fourth-order valence-corrected chi connectivity index (χ4v) is 1.85. The van der Waals surface area contributed by atoms with Gasteiger partial charge in [0.25, 0.3) is 0 Å². The molecule has 0 N–H and O–H groups in total. The molecule has 0 amide bonds. The third-order valence-corrected chi connectivity index (χ3v) is 3.10. The van der Waals surface area contributed by atoms with Gasteiger partial charge < -0.3 is 13.6 Å². The van der Waals surface area contributed by atoms with Crippen LogP contribution in [0.25, 0.3) is 4.13 Å². The first-order valence-corrected chi connectivity index (χ1v) is 7.93. The summed E-state index contributed by atoms with van der Waals surface area (Å²) in [5, 5.41) is 0. The van der Waals surface area contributed by atoms with Crippen LogP contribution in [0.4, 0.5) is 7.77 Å². The van der Waals surface area contributed by atoms with Crippen molar-refractivity contribution in [3.05, 3.63) is 22.8 Å². The summed E-state index contributed by atoms with van der Waals surface area (Å²) in [6.45, 7) is 1.87. The lowest BCUT2D eigenvalue weighted by atomic mass is 10.8. The Morgan fingerprint density at radius 1 is 1.19 bits per heavy atom. The lowest BCUT2D eigenvalue weighted by Crippen LogP contribution is -2.24. The Morgan fingerprint density at radius 2 is 1.76 bits per heavy atom. The number of imidazole rings is 1. The first-order chi connectivity index (χ1) is 9.53. The summed E-state index contributed by atoms with van der Waals surface area (Å²) < 4.78 is 74.2. The van der Waals surface area contributed by atoms with Crippen molar-refractivity contribution < 1.29 is 38.6 Å². The van der Waals surface area contributed by atoms with Crippen molar-refractivity contribution in [3.8, 4) is 0 Å². The van der Waals surface area contributed by atoms with Crippen molar-refractivity contribution in [2.75, 3.05) is 20.3 Å². The number of nitrogens with zero attached hydrogens (tertiary/aromatic N) is 3. The Kier molecular flexibility index (Phi) is 8.50. The van der Waals surface area contributed by atoms with Crippen LogP contribution in [0.2, 0.25) is 0 Å². The average Bonchev–Trinajstić information content (AvgIpc) is 2.66. The molecule has 21 heavy (non-hydrogen) atoms. The Bertz CT molecular complexity index is 586. The predicted octanol–water partition coefficient (Wildman–Crippen LogP) is -0.278. The summed E-state index contributed by atoms with van der Waals surface area (Å²) in [6.07, 6.45) is 5.90. The van der Waals surface area contributed by atoms with E-state index >= 15 is 0 Å². The van der Waals surface area contributed by atoms with Gasteiger partial charge >= 0.3 is 0 Å². The van der Waals surface area contributed by atoms with Gasteiger partial charge in [0.2, 0.25) is 27.1 Å². The fourth-order valence-electron chi connectivity index (χ4n) is 0.997. The molecule has 0 atom stereocenters. The Balaban J connectivity index is 0.000000400. The molecule has 0 saturated heterocycles. The van der Waals surface area contributed by atoms with Gasteiger partial charge in [-0.1, -0.05) is 0 Å². The van der Waals surface area contributed by atoms with Gasteiger partial charge in [-0.15, -0.1) is 7.77 Å². The van der Waals surface area contributed by atoms with Gasteiger partial charge in [-0.3, -0.25) is 0 Å². The maximum atomic E-state index is 11.1. The van der Waals surface area contributed by atoms with Crippen LogP contribution in [0, 0.1) is 0 Å². The molecule has 0 saturated carbocycles. The molecule has 1 aromatic rings. The van der Waals surface area contributed by atoms with Crippen LogP contribution in [-0.2, 0) is 44.1 Å². The van der Waals surface area contributed by atoms with Crippen molar-refractivity contribution in [1.82, 2.24) is 4.57 Å². The minimum atomic E-state index is -5.62. The van der Waals surface area contributed by atoms with Gasteiger partial charge in [-0.2, -0.15) is 0 Å². The minimum absolute atomic E-state index is 0.587. The molecule has 0 aromatic carbocycles. The topological polar surface area (TPSA) is 110 Å². The van der Waals surface area contributed by atoms with Gasteiger partial charge in [0, 0.05) is 7.11 Å². The highest BCUT2D eigenvalue weighted by Gasteiger charge is 2.01. The molecule has 0 aliphatic heterocycles. The molecule has 124 valence electrons. The summed E-state index contributed by atoms with van der Waals surface area (Å²) in [5.74, 6) is 0. The van der Waals surface area contributed by atoms with Crippen molar-refractivity contribution in [3.63, 3.8) is 0 Å². The van der Waals surface area contributed by atoms with Crippen LogP contribution in [0.3, 0.4) is 0 Å². The van der Waals surface area contributed by atoms with Crippen molar-refractivity contribution >= 4 is 20.8 Å². The molecule has 1 aromatic heterocycles. The number of aromatic nitrogens is 2. The number of aryl methyl sites for hydroxylation is 1. The SMILES string of the molecule is COCCOCn1cc[n+](C)c1.O=S(=O)(F)[N-]S(=O)(=O)F. The second-order valence-corrected chi connectivity index (χ2v) is 5.77. The zero-order valence-electron chi connectivity index (χ0n) is 11.2. The molecule has 0 spiro atoms. The quantitative estimate of drug-likeness (QED) is 0.380. The van der Waals surface area contributed by atoms with Gasteiger partial charge in [0.1, 0.15) is 12.4 Å². The Hall–Kier alpha value is -1.15. The zero-order valence-corrected chi connectivity index (χ0v) is 12.8. The number of rotatable bonds is 7. The van der Waals surface area contributed by atoms with Crippen LogP contribution in [0.1, 0.15) is 0 Å². The molecule has 0 bridgehead atoms. The monoisotopic (exact) mass is 351 g/mol. The zero-order chi connectivity index (χ0) is 16.5.